The van der Waals surface area contributed by atoms with Gasteiger partial charge in [-0.2, -0.15) is 0 Å². The van der Waals surface area contributed by atoms with Crippen LogP contribution in [0.15, 0.2) is 36.5 Å². The molecule has 0 radical (unpaired) electrons. The average molecular weight is 389 g/mol. The molecule has 2 aliphatic heterocycles. The lowest BCUT2D eigenvalue weighted by Gasteiger charge is -2.42. The fourth-order valence-electron chi connectivity index (χ4n) is 3.69. The van der Waals surface area contributed by atoms with Crippen molar-refractivity contribution in [3.05, 3.63) is 36.5 Å². The van der Waals surface area contributed by atoms with Gasteiger partial charge in [-0.05, 0) is 12.8 Å². The monoisotopic (exact) mass is 389 g/mol. The van der Waals surface area contributed by atoms with E-state index in [0.29, 0.717) is 39.0 Å². The van der Waals surface area contributed by atoms with Gasteiger partial charge in [0.2, 0.25) is 15.9 Å². The molecular weight excluding hydrogens is 366 g/mol. The maximum absolute atomic E-state index is 12.7. The number of hydrogen-bond acceptors (Lipinski definition) is 5. The van der Waals surface area contributed by atoms with Crippen LogP contribution in [0.5, 0.6) is 0 Å². The molecule has 0 bridgehead atoms. The first-order chi connectivity index (χ1) is 12.9. The lowest BCUT2D eigenvalue weighted by Crippen LogP contribution is -2.54. The number of nitrogens with zero attached hydrogens (tertiary/aromatic N) is 5. The fourth-order valence-corrected chi connectivity index (χ4v) is 4.57. The number of likely N-dealkylation sites (tertiary alicyclic amines) is 1. The molecule has 0 saturated carbocycles. The van der Waals surface area contributed by atoms with Gasteiger partial charge in [0.15, 0.2) is 0 Å². The van der Waals surface area contributed by atoms with Gasteiger partial charge in [0, 0.05) is 37.7 Å². The molecular formula is C18H23N5O3S. The molecule has 27 heavy (non-hydrogen) atoms. The van der Waals surface area contributed by atoms with Gasteiger partial charge in [-0.25, -0.2) is 17.4 Å². The minimum Gasteiger partial charge on any atom is -0.338 e. The summed E-state index contributed by atoms with van der Waals surface area (Å²) < 4.78 is 26.5. The van der Waals surface area contributed by atoms with Crippen LogP contribution in [0.25, 0.3) is 11.3 Å². The summed E-state index contributed by atoms with van der Waals surface area (Å²) in [5.41, 5.74) is 1.85. The number of amides is 1. The second-order valence-electron chi connectivity index (χ2n) is 7.28. The van der Waals surface area contributed by atoms with Gasteiger partial charge >= 0.3 is 0 Å². The second-order valence-corrected chi connectivity index (χ2v) is 9.27. The summed E-state index contributed by atoms with van der Waals surface area (Å²) in [6, 6.07) is 10.0. The first-order valence-corrected chi connectivity index (χ1v) is 11.0. The highest BCUT2D eigenvalue weighted by molar-refractivity contribution is 7.88. The Bertz CT molecular complexity index is 913. The first-order valence-electron chi connectivity index (χ1n) is 9.13. The van der Waals surface area contributed by atoms with Gasteiger partial charge < -0.3 is 4.90 Å². The Labute approximate surface area is 158 Å². The van der Waals surface area contributed by atoms with E-state index in [4.69, 9.17) is 0 Å². The van der Waals surface area contributed by atoms with Crippen molar-refractivity contribution in [2.24, 2.45) is 5.92 Å². The van der Waals surface area contributed by atoms with Gasteiger partial charge in [-0.3, -0.25) is 4.79 Å². The molecule has 2 aliphatic rings. The number of carbonyl (C=O) groups excluding carboxylic acids is 1. The van der Waals surface area contributed by atoms with E-state index in [9.17, 15) is 13.2 Å². The Morgan fingerprint density at radius 2 is 1.78 bits per heavy atom. The number of rotatable bonds is 4. The van der Waals surface area contributed by atoms with E-state index in [2.05, 4.69) is 10.3 Å². The zero-order chi connectivity index (χ0) is 19.0. The highest BCUT2D eigenvalue weighted by Crippen LogP contribution is 2.28. The highest BCUT2D eigenvalue weighted by Gasteiger charge is 2.38. The second kappa shape index (κ2) is 7.05. The Morgan fingerprint density at radius 1 is 1.11 bits per heavy atom. The molecule has 9 heteroatoms. The van der Waals surface area contributed by atoms with E-state index >= 15 is 0 Å². The van der Waals surface area contributed by atoms with Crippen LogP contribution in [-0.2, 0) is 14.8 Å². The Hall–Kier alpha value is -2.26. The van der Waals surface area contributed by atoms with Crippen molar-refractivity contribution in [1.29, 1.82) is 0 Å². The lowest BCUT2D eigenvalue weighted by atomic mass is 9.94. The highest BCUT2D eigenvalue weighted by atomic mass is 32.2. The summed E-state index contributed by atoms with van der Waals surface area (Å²) in [5.74, 6) is 0.0439. The zero-order valence-corrected chi connectivity index (χ0v) is 16.0. The number of sulfonamides is 1. The molecule has 8 nitrogen and oxygen atoms in total. The zero-order valence-electron chi connectivity index (χ0n) is 15.2. The van der Waals surface area contributed by atoms with Crippen molar-refractivity contribution in [3.63, 3.8) is 0 Å². The molecule has 4 rings (SSSR count). The number of hydrogen-bond donors (Lipinski definition) is 0. The molecule has 2 aromatic rings. The molecule has 3 heterocycles. The topological polar surface area (TPSA) is 88.4 Å². The molecule has 1 amide bonds. The standard InChI is InChI=1S/C18H23N5O3S/c1-27(25,26)22-9-7-15(8-10-22)18(24)21-11-16(12-21)23-13-17(19-20-23)14-5-3-2-4-6-14/h2-6,13,15-16H,7-12H2,1H3. The SMILES string of the molecule is CS(=O)(=O)N1CCC(C(=O)N2CC(n3cc(-c4ccccc4)nn3)C2)CC1. The van der Waals surface area contributed by atoms with Crippen molar-refractivity contribution in [2.75, 3.05) is 32.4 Å². The molecule has 144 valence electrons. The Kier molecular flexibility index (Phi) is 4.73. The van der Waals surface area contributed by atoms with Crippen LogP contribution in [0, 0.1) is 5.92 Å². The number of carbonyl (C=O) groups is 1. The number of benzene rings is 1. The van der Waals surface area contributed by atoms with Crippen molar-refractivity contribution in [2.45, 2.75) is 18.9 Å². The summed E-state index contributed by atoms with van der Waals surface area (Å²) in [6.45, 7) is 2.11. The normalized spacial score (nSPS) is 19.8. The van der Waals surface area contributed by atoms with Crippen LogP contribution in [0.1, 0.15) is 18.9 Å². The molecule has 1 aromatic heterocycles. The minimum atomic E-state index is -3.16. The Balaban J connectivity index is 1.31. The third-order valence-corrected chi connectivity index (χ3v) is 6.70. The summed E-state index contributed by atoms with van der Waals surface area (Å²) in [6.07, 6.45) is 4.33. The van der Waals surface area contributed by atoms with Gasteiger partial charge in [-0.15, -0.1) is 5.10 Å². The largest absolute Gasteiger partial charge is 0.338 e. The van der Waals surface area contributed by atoms with Gasteiger partial charge in [0.25, 0.3) is 0 Å². The number of aromatic nitrogens is 3. The molecule has 2 saturated heterocycles. The van der Waals surface area contributed by atoms with Crippen LogP contribution in [-0.4, -0.2) is 71.0 Å². The van der Waals surface area contributed by atoms with Crippen LogP contribution in [0.3, 0.4) is 0 Å². The molecule has 0 N–H and O–H groups in total. The quantitative estimate of drug-likeness (QED) is 0.778. The summed E-state index contributed by atoms with van der Waals surface area (Å²) in [4.78, 5) is 14.5. The van der Waals surface area contributed by atoms with Gasteiger partial charge in [0.05, 0.1) is 18.5 Å². The fraction of sp³-hybridized carbons (Fsp3) is 0.500. The van der Waals surface area contributed by atoms with Crippen LogP contribution >= 0.6 is 0 Å². The van der Waals surface area contributed by atoms with Crippen molar-refractivity contribution >= 4 is 15.9 Å². The molecule has 0 spiro atoms. The third kappa shape index (κ3) is 3.74. The van der Waals surface area contributed by atoms with E-state index in [0.717, 1.165) is 11.3 Å². The van der Waals surface area contributed by atoms with E-state index < -0.39 is 10.0 Å². The first kappa shape index (κ1) is 18.1. The smallest absolute Gasteiger partial charge is 0.225 e. The summed E-state index contributed by atoms with van der Waals surface area (Å²) in [5, 5.41) is 8.44. The molecule has 1 aromatic carbocycles. The van der Waals surface area contributed by atoms with Crippen molar-refractivity contribution in [1.82, 2.24) is 24.2 Å². The molecule has 0 unspecified atom stereocenters. The van der Waals surface area contributed by atoms with Crippen LogP contribution in [0.4, 0.5) is 0 Å². The van der Waals surface area contributed by atoms with Crippen molar-refractivity contribution in [3.8, 4) is 11.3 Å². The average Bonchev–Trinajstić information content (AvgIpc) is 3.10. The summed E-state index contributed by atoms with van der Waals surface area (Å²) >= 11 is 0. The predicted molar refractivity (Wildman–Crippen MR) is 100 cm³/mol. The van der Waals surface area contributed by atoms with E-state index in [1.807, 2.05) is 46.1 Å². The Morgan fingerprint density at radius 3 is 2.41 bits per heavy atom. The van der Waals surface area contributed by atoms with Gasteiger partial charge in [0.1, 0.15) is 5.69 Å². The van der Waals surface area contributed by atoms with Crippen LogP contribution in [0.2, 0.25) is 0 Å². The van der Waals surface area contributed by atoms with E-state index in [-0.39, 0.29) is 17.9 Å². The van der Waals surface area contributed by atoms with Crippen molar-refractivity contribution < 1.29 is 13.2 Å². The molecule has 0 atom stereocenters. The van der Waals surface area contributed by atoms with E-state index in [1.165, 1.54) is 10.6 Å². The summed E-state index contributed by atoms with van der Waals surface area (Å²) in [7, 11) is -3.16. The van der Waals surface area contributed by atoms with Gasteiger partial charge in [-0.1, -0.05) is 35.5 Å². The van der Waals surface area contributed by atoms with Crippen LogP contribution < -0.4 is 0 Å². The predicted octanol–water partition coefficient (Wildman–Crippen LogP) is 1.000. The minimum absolute atomic E-state index is 0.0837. The lowest BCUT2D eigenvalue weighted by molar-refractivity contribution is -0.142. The maximum atomic E-state index is 12.7. The third-order valence-electron chi connectivity index (χ3n) is 5.40. The maximum Gasteiger partial charge on any atom is 0.225 e. The molecule has 2 fully saturated rings. The number of piperidine rings is 1. The van der Waals surface area contributed by atoms with E-state index in [1.54, 1.807) is 0 Å². The molecule has 0 aliphatic carbocycles.